The Morgan fingerprint density at radius 2 is 1.84 bits per heavy atom. The second-order valence-electron chi connectivity index (χ2n) is 8.06. The summed E-state index contributed by atoms with van der Waals surface area (Å²) in [5, 5.41) is 4.06. The fourth-order valence-electron chi connectivity index (χ4n) is 4.09. The van der Waals surface area contributed by atoms with Crippen molar-refractivity contribution in [1.29, 1.82) is 0 Å². The topological polar surface area (TPSA) is 52.2 Å². The summed E-state index contributed by atoms with van der Waals surface area (Å²) in [6.07, 6.45) is -0.587. The minimum Gasteiger partial charge on any atom is -0.340 e. The molecule has 0 bridgehead atoms. The van der Waals surface area contributed by atoms with E-state index in [0.29, 0.717) is 29.5 Å². The molecule has 1 N–H and O–H groups in total. The molecule has 0 aliphatic carbocycles. The highest BCUT2D eigenvalue weighted by molar-refractivity contribution is 6.31. The number of hydrogen-bond donors (Lipinski definition) is 1. The number of imidazole rings is 1. The van der Waals surface area contributed by atoms with Crippen molar-refractivity contribution in [3.63, 3.8) is 0 Å². The minimum atomic E-state index is -4.52. The second-order valence-corrected chi connectivity index (χ2v) is 8.49. The second kappa shape index (κ2) is 9.11. The summed E-state index contributed by atoms with van der Waals surface area (Å²) in [6, 6.07) is 9.34. The molecule has 1 atom stereocenters. The molecule has 0 radical (unpaired) electrons. The molecule has 9 heteroatoms. The van der Waals surface area contributed by atoms with E-state index in [9.17, 15) is 18.0 Å². The normalized spacial score (nSPS) is 16.7. The molecule has 0 spiro atoms. The third-order valence-electron chi connectivity index (χ3n) is 5.76. The van der Waals surface area contributed by atoms with E-state index in [1.165, 1.54) is 12.1 Å². The van der Waals surface area contributed by atoms with E-state index in [4.69, 9.17) is 11.6 Å². The standard InChI is InChI=1S/C23H24ClF3N4O/c1-15(21-28-19-10-9-18(24)14-20(19)29-21)31(30-11-4-2-3-5-12-30)22(32)16-7-6-8-17(13-16)23(25,26)27/h6-10,13-15H,2-5,11-12H2,1H3,(H,28,29)/t15-/m0/s1. The Hall–Kier alpha value is -2.58. The van der Waals surface area contributed by atoms with Gasteiger partial charge in [-0.15, -0.1) is 0 Å². The number of rotatable bonds is 4. The van der Waals surface area contributed by atoms with Crippen LogP contribution >= 0.6 is 11.6 Å². The van der Waals surface area contributed by atoms with Gasteiger partial charge in [-0.25, -0.2) is 9.99 Å². The Balaban J connectivity index is 1.73. The van der Waals surface area contributed by atoms with Gasteiger partial charge < -0.3 is 4.98 Å². The molecule has 2 aromatic carbocycles. The van der Waals surface area contributed by atoms with Crippen molar-refractivity contribution in [3.05, 3.63) is 64.4 Å². The van der Waals surface area contributed by atoms with Crippen LogP contribution in [0.2, 0.25) is 5.02 Å². The number of nitrogens with zero attached hydrogens (tertiary/aromatic N) is 3. The van der Waals surface area contributed by atoms with Crippen molar-refractivity contribution < 1.29 is 18.0 Å². The van der Waals surface area contributed by atoms with Gasteiger partial charge in [-0.2, -0.15) is 13.2 Å². The van der Waals surface area contributed by atoms with Gasteiger partial charge in [0.1, 0.15) is 11.9 Å². The molecule has 4 rings (SSSR count). The van der Waals surface area contributed by atoms with Gasteiger partial charge in [0.25, 0.3) is 5.91 Å². The summed E-state index contributed by atoms with van der Waals surface area (Å²) in [4.78, 5) is 21.4. The van der Waals surface area contributed by atoms with Crippen LogP contribution in [0.5, 0.6) is 0 Å². The fraction of sp³-hybridized carbons (Fsp3) is 0.391. The Bertz CT molecular complexity index is 1110. The highest BCUT2D eigenvalue weighted by Gasteiger charge is 2.34. The van der Waals surface area contributed by atoms with Crippen LogP contribution in [0, 0.1) is 0 Å². The third kappa shape index (κ3) is 4.76. The van der Waals surface area contributed by atoms with E-state index in [0.717, 1.165) is 43.3 Å². The molecule has 1 aromatic heterocycles. The average molecular weight is 465 g/mol. The van der Waals surface area contributed by atoms with Crippen LogP contribution in [0.25, 0.3) is 11.0 Å². The Labute approximate surface area is 189 Å². The van der Waals surface area contributed by atoms with Gasteiger partial charge in [0.15, 0.2) is 0 Å². The molecule has 32 heavy (non-hydrogen) atoms. The average Bonchev–Trinajstić information content (AvgIpc) is 2.99. The highest BCUT2D eigenvalue weighted by Crippen LogP contribution is 2.31. The minimum absolute atomic E-state index is 0.00456. The number of carbonyl (C=O) groups excluding carboxylic acids is 1. The van der Waals surface area contributed by atoms with Crippen LogP contribution < -0.4 is 0 Å². The maximum Gasteiger partial charge on any atom is 0.416 e. The molecule has 1 amide bonds. The zero-order chi connectivity index (χ0) is 22.9. The van der Waals surface area contributed by atoms with Crippen molar-refractivity contribution in [2.45, 2.75) is 44.8 Å². The monoisotopic (exact) mass is 464 g/mol. The summed E-state index contributed by atoms with van der Waals surface area (Å²) >= 11 is 6.08. The predicted molar refractivity (Wildman–Crippen MR) is 117 cm³/mol. The van der Waals surface area contributed by atoms with E-state index < -0.39 is 23.7 Å². The zero-order valence-electron chi connectivity index (χ0n) is 17.6. The Morgan fingerprint density at radius 1 is 1.12 bits per heavy atom. The molecule has 1 aliphatic rings. The molecular formula is C23H24ClF3N4O. The number of hydrazine groups is 1. The maximum absolute atomic E-state index is 13.6. The molecule has 1 fully saturated rings. The van der Waals surface area contributed by atoms with E-state index in [-0.39, 0.29) is 5.56 Å². The van der Waals surface area contributed by atoms with Crippen LogP contribution in [0.15, 0.2) is 42.5 Å². The van der Waals surface area contributed by atoms with Gasteiger partial charge in [0, 0.05) is 23.7 Å². The Kier molecular flexibility index (Phi) is 6.44. The van der Waals surface area contributed by atoms with Crippen molar-refractivity contribution >= 4 is 28.5 Å². The summed E-state index contributed by atoms with van der Waals surface area (Å²) in [7, 11) is 0. The molecule has 1 saturated heterocycles. The lowest BCUT2D eigenvalue weighted by molar-refractivity contribution is -0.137. The number of hydrogen-bond acceptors (Lipinski definition) is 3. The molecule has 0 unspecified atom stereocenters. The van der Waals surface area contributed by atoms with Gasteiger partial charge in [-0.1, -0.05) is 30.5 Å². The van der Waals surface area contributed by atoms with Crippen LogP contribution in [0.1, 0.15) is 60.4 Å². The van der Waals surface area contributed by atoms with E-state index in [1.54, 1.807) is 23.2 Å². The molecular weight excluding hydrogens is 441 g/mol. The lowest BCUT2D eigenvalue weighted by Gasteiger charge is -2.38. The van der Waals surface area contributed by atoms with Crippen molar-refractivity contribution in [3.8, 4) is 0 Å². The van der Waals surface area contributed by atoms with E-state index in [2.05, 4.69) is 9.97 Å². The molecule has 0 saturated carbocycles. The number of alkyl halides is 3. The molecule has 3 aromatic rings. The van der Waals surface area contributed by atoms with Gasteiger partial charge in [0.2, 0.25) is 0 Å². The summed E-state index contributed by atoms with van der Waals surface area (Å²) in [6.45, 7) is 3.14. The third-order valence-corrected chi connectivity index (χ3v) is 5.99. The number of amides is 1. The predicted octanol–water partition coefficient (Wildman–Crippen LogP) is 6.23. The molecule has 170 valence electrons. The van der Waals surface area contributed by atoms with Crippen molar-refractivity contribution in [1.82, 2.24) is 20.0 Å². The van der Waals surface area contributed by atoms with Crippen LogP contribution in [0.4, 0.5) is 13.2 Å². The largest absolute Gasteiger partial charge is 0.416 e. The van der Waals surface area contributed by atoms with E-state index in [1.807, 2.05) is 11.9 Å². The van der Waals surface area contributed by atoms with Gasteiger partial charge in [-0.05, 0) is 56.2 Å². The first-order valence-electron chi connectivity index (χ1n) is 10.6. The van der Waals surface area contributed by atoms with Crippen LogP contribution in [0.3, 0.4) is 0 Å². The van der Waals surface area contributed by atoms with Crippen molar-refractivity contribution in [2.75, 3.05) is 13.1 Å². The fourth-order valence-corrected chi connectivity index (χ4v) is 4.27. The summed E-state index contributed by atoms with van der Waals surface area (Å²) < 4.78 is 39.8. The van der Waals surface area contributed by atoms with Crippen LogP contribution in [-0.4, -0.2) is 39.0 Å². The number of nitrogens with one attached hydrogen (secondary N) is 1. The number of halogens is 4. The maximum atomic E-state index is 13.6. The van der Waals surface area contributed by atoms with E-state index >= 15 is 0 Å². The first-order chi connectivity index (χ1) is 15.2. The number of H-pyrrole nitrogens is 1. The molecule has 5 nitrogen and oxygen atoms in total. The van der Waals surface area contributed by atoms with Crippen LogP contribution in [-0.2, 0) is 6.18 Å². The Morgan fingerprint density at radius 3 is 2.53 bits per heavy atom. The van der Waals surface area contributed by atoms with Gasteiger partial charge in [0.05, 0.1) is 16.6 Å². The lowest BCUT2D eigenvalue weighted by atomic mass is 10.1. The molecule has 1 aliphatic heterocycles. The summed E-state index contributed by atoms with van der Waals surface area (Å²) in [5.41, 5.74) is 0.598. The number of benzene rings is 2. The quantitative estimate of drug-likeness (QED) is 0.498. The number of aromatic nitrogens is 2. The molecule has 2 heterocycles. The first kappa shape index (κ1) is 22.6. The number of fused-ring (bicyclic) bond motifs is 1. The smallest absolute Gasteiger partial charge is 0.340 e. The number of carbonyl (C=O) groups is 1. The van der Waals surface area contributed by atoms with Crippen molar-refractivity contribution in [2.24, 2.45) is 0 Å². The lowest BCUT2D eigenvalue weighted by Crippen LogP contribution is -2.48. The zero-order valence-corrected chi connectivity index (χ0v) is 18.4. The summed E-state index contributed by atoms with van der Waals surface area (Å²) in [5.74, 6) is 0.0656. The van der Waals surface area contributed by atoms with Gasteiger partial charge >= 0.3 is 6.18 Å². The number of aromatic amines is 1. The SMILES string of the molecule is C[C@@H](c1nc2ccc(Cl)cc2[nH]1)N(C(=O)c1cccc(C(F)(F)F)c1)N1CCCCCC1. The van der Waals surface area contributed by atoms with Gasteiger partial charge in [-0.3, -0.25) is 9.80 Å². The highest BCUT2D eigenvalue weighted by atomic mass is 35.5. The first-order valence-corrected chi connectivity index (χ1v) is 11.0.